The summed E-state index contributed by atoms with van der Waals surface area (Å²) in [6.07, 6.45) is 13.5. The number of anilines is 3. The second-order valence-corrected chi connectivity index (χ2v) is 9.90. The summed E-state index contributed by atoms with van der Waals surface area (Å²) in [7, 11) is -4.18. The van der Waals surface area contributed by atoms with E-state index in [4.69, 9.17) is 11.6 Å². The van der Waals surface area contributed by atoms with E-state index in [1.54, 1.807) is 12.4 Å². The number of H-pyrrole nitrogens is 1. The first-order valence-corrected chi connectivity index (χ1v) is 13.4. The van der Waals surface area contributed by atoms with Gasteiger partial charge in [-0.3, -0.25) is 24.5 Å². The van der Waals surface area contributed by atoms with E-state index < -0.39 is 22.1 Å². The van der Waals surface area contributed by atoms with E-state index in [0.29, 0.717) is 17.6 Å². The Labute approximate surface area is 229 Å². The van der Waals surface area contributed by atoms with Gasteiger partial charge in [0.1, 0.15) is 17.3 Å². The summed E-state index contributed by atoms with van der Waals surface area (Å²) in [4.78, 5) is 37.2. The summed E-state index contributed by atoms with van der Waals surface area (Å²) >= 11 is 0. The van der Waals surface area contributed by atoms with Gasteiger partial charge in [0.05, 0.1) is 6.54 Å². The standard InChI is InChI=1S/C25H23N9O5S/c1-2-9-27-23(35)20-15-21(29-22-14-19(31-32-22)16-3-4-16)30-25(28-20)34-12-10-33(11-13-34)24(36)17-5-7-18(8-6-17)39-40(26,37)38/h1,5-8,10-16H,3-4,9H2,(H,27,35)(H2,26,37,38)(H2,28,29,30,31,32). The van der Waals surface area contributed by atoms with Crippen molar-refractivity contribution in [3.63, 3.8) is 0 Å². The van der Waals surface area contributed by atoms with Crippen LogP contribution in [0.1, 0.15) is 45.3 Å². The average molecular weight is 562 g/mol. The van der Waals surface area contributed by atoms with Crippen LogP contribution < -0.4 is 24.9 Å². The molecule has 0 atom stereocenters. The zero-order valence-corrected chi connectivity index (χ0v) is 21.6. The van der Waals surface area contributed by atoms with E-state index in [0.717, 1.165) is 18.5 Å². The third-order valence-electron chi connectivity index (χ3n) is 5.72. The van der Waals surface area contributed by atoms with Crippen LogP contribution in [0.3, 0.4) is 0 Å². The minimum Gasteiger partial charge on any atom is -0.371 e. The lowest BCUT2D eigenvalue weighted by Crippen LogP contribution is -2.28. The third kappa shape index (κ3) is 6.43. The molecule has 2 aromatic heterocycles. The minimum absolute atomic E-state index is 0.0266. The van der Waals surface area contributed by atoms with Crippen molar-refractivity contribution in [2.45, 2.75) is 18.8 Å². The number of amides is 2. The number of nitrogens with zero attached hydrogens (tertiary/aromatic N) is 5. The normalized spacial score (nSPS) is 14.5. The average Bonchev–Trinajstić information content (AvgIpc) is 3.69. The lowest BCUT2D eigenvalue weighted by Gasteiger charge is -2.23. The third-order valence-corrected chi connectivity index (χ3v) is 6.15. The Morgan fingerprint density at radius 3 is 2.48 bits per heavy atom. The van der Waals surface area contributed by atoms with Crippen molar-refractivity contribution in [1.82, 2.24) is 30.4 Å². The van der Waals surface area contributed by atoms with Crippen molar-refractivity contribution < 1.29 is 22.2 Å². The molecule has 1 aliphatic heterocycles. The fourth-order valence-corrected chi connectivity index (χ4v) is 4.06. The van der Waals surface area contributed by atoms with Crippen molar-refractivity contribution in [1.29, 1.82) is 0 Å². The highest BCUT2D eigenvalue weighted by Crippen LogP contribution is 2.39. The highest BCUT2D eigenvalue weighted by molar-refractivity contribution is 7.84. The second-order valence-electron chi connectivity index (χ2n) is 8.75. The van der Waals surface area contributed by atoms with Crippen molar-refractivity contribution >= 4 is 39.7 Å². The predicted molar refractivity (Wildman–Crippen MR) is 144 cm³/mol. The molecule has 0 unspecified atom stereocenters. The molecular formula is C25H23N9O5S. The number of nitrogens with two attached hydrogens (primary N) is 1. The Morgan fingerprint density at radius 1 is 1.10 bits per heavy atom. The molecule has 1 aliphatic carbocycles. The number of carbonyl (C=O) groups is 2. The molecule has 14 nitrogen and oxygen atoms in total. The van der Waals surface area contributed by atoms with Crippen LogP contribution >= 0.6 is 0 Å². The topological polar surface area (TPSA) is 189 Å². The molecule has 0 saturated heterocycles. The van der Waals surface area contributed by atoms with E-state index in [1.807, 2.05) is 6.07 Å². The molecule has 204 valence electrons. The van der Waals surface area contributed by atoms with Crippen LogP contribution in [0, 0.1) is 12.3 Å². The van der Waals surface area contributed by atoms with Gasteiger partial charge in [-0.05, 0) is 37.1 Å². The predicted octanol–water partition coefficient (Wildman–Crippen LogP) is 1.67. The van der Waals surface area contributed by atoms with Gasteiger partial charge in [0, 0.05) is 54.1 Å². The number of hydrogen-bond donors (Lipinski definition) is 4. The summed E-state index contributed by atoms with van der Waals surface area (Å²) in [5, 5.41) is 17.8. The molecular weight excluding hydrogens is 538 g/mol. The summed E-state index contributed by atoms with van der Waals surface area (Å²) in [5.74, 6) is 2.94. The maximum Gasteiger partial charge on any atom is 0.380 e. The van der Waals surface area contributed by atoms with Gasteiger partial charge in [-0.1, -0.05) is 5.92 Å². The molecule has 40 heavy (non-hydrogen) atoms. The van der Waals surface area contributed by atoms with E-state index in [2.05, 4.69) is 40.9 Å². The van der Waals surface area contributed by atoms with E-state index in [-0.39, 0.29) is 29.5 Å². The first kappa shape index (κ1) is 26.4. The van der Waals surface area contributed by atoms with E-state index in [1.165, 1.54) is 52.5 Å². The molecule has 1 fully saturated rings. The van der Waals surface area contributed by atoms with Gasteiger partial charge in [0.2, 0.25) is 5.95 Å². The van der Waals surface area contributed by atoms with Gasteiger partial charge >= 0.3 is 10.3 Å². The first-order valence-electron chi connectivity index (χ1n) is 11.9. The number of terminal acetylenes is 1. The lowest BCUT2D eigenvalue weighted by atomic mass is 10.2. The Kier molecular flexibility index (Phi) is 7.19. The van der Waals surface area contributed by atoms with Crippen LogP contribution in [0.5, 0.6) is 5.75 Å². The molecule has 5 rings (SSSR count). The highest BCUT2D eigenvalue weighted by Gasteiger charge is 2.26. The van der Waals surface area contributed by atoms with E-state index >= 15 is 0 Å². The largest absolute Gasteiger partial charge is 0.380 e. The van der Waals surface area contributed by atoms with Gasteiger partial charge in [-0.2, -0.15) is 23.6 Å². The van der Waals surface area contributed by atoms with Gasteiger partial charge in [-0.25, -0.2) is 4.98 Å². The number of benzene rings is 1. The molecule has 0 bridgehead atoms. The molecule has 5 N–H and O–H groups in total. The fourth-order valence-electron chi connectivity index (χ4n) is 3.68. The maximum absolute atomic E-state index is 12.9. The molecule has 2 amide bonds. The Bertz CT molecular complexity index is 1640. The number of carbonyl (C=O) groups excluding carboxylic acids is 2. The summed E-state index contributed by atoms with van der Waals surface area (Å²) < 4.78 is 26.7. The number of aromatic amines is 1. The van der Waals surface area contributed by atoms with E-state index in [9.17, 15) is 18.0 Å². The molecule has 1 saturated carbocycles. The smallest absolute Gasteiger partial charge is 0.371 e. The van der Waals surface area contributed by atoms with Crippen LogP contribution in [0.25, 0.3) is 0 Å². The minimum atomic E-state index is -4.18. The Balaban J connectivity index is 1.33. The molecule has 0 radical (unpaired) electrons. The van der Waals surface area contributed by atoms with Crippen molar-refractivity contribution in [2.75, 3.05) is 16.8 Å². The molecule has 1 aromatic carbocycles. The zero-order valence-electron chi connectivity index (χ0n) is 20.8. The van der Waals surface area contributed by atoms with Gasteiger partial charge in [0.25, 0.3) is 11.8 Å². The zero-order chi connectivity index (χ0) is 28.3. The number of rotatable bonds is 9. The van der Waals surface area contributed by atoms with Crippen LogP contribution in [-0.2, 0) is 10.3 Å². The van der Waals surface area contributed by atoms with Crippen LogP contribution in [0.2, 0.25) is 0 Å². The van der Waals surface area contributed by atoms with Crippen molar-refractivity contribution in [2.24, 2.45) is 5.14 Å². The monoisotopic (exact) mass is 561 g/mol. The van der Waals surface area contributed by atoms with Crippen molar-refractivity contribution in [3.05, 3.63) is 78.1 Å². The molecule has 15 heteroatoms. The van der Waals surface area contributed by atoms with Crippen LogP contribution in [0.15, 0.2) is 61.2 Å². The lowest BCUT2D eigenvalue weighted by molar-refractivity contribution is 0.0867. The Hall–Kier alpha value is -5.20. The number of hydrogen-bond acceptors (Lipinski definition) is 10. The first-order chi connectivity index (χ1) is 19.2. The molecule has 3 aromatic rings. The number of nitrogens with one attached hydrogen (secondary N) is 3. The van der Waals surface area contributed by atoms with Crippen LogP contribution in [-0.4, -0.2) is 51.8 Å². The molecule has 2 aliphatic rings. The molecule has 0 spiro atoms. The second kappa shape index (κ2) is 10.9. The fraction of sp³-hybridized carbons (Fsp3) is 0.160. The van der Waals surface area contributed by atoms with Gasteiger partial charge < -0.3 is 14.8 Å². The van der Waals surface area contributed by atoms with Gasteiger partial charge in [0.15, 0.2) is 5.82 Å². The number of aromatic nitrogens is 4. The van der Waals surface area contributed by atoms with Gasteiger partial charge in [-0.15, -0.1) is 6.42 Å². The highest BCUT2D eigenvalue weighted by atomic mass is 32.2. The maximum atomic E-state index is 12.9. The SMILES string of the molecule is C#CCNC(=O)c1cc(Nc2cc(C3CC3)[nH]n2)nc(N2C=CN(C(=O)c3ccc(OS(N)(=O)=O)cc3)C=C2)n1. The molecule has 3 heterocycles. The quantitative estimate of drug-likeness (QED) is 0.280. The summed E-state index contributed by atoms with van der Waals surface area (Å²) in [5.41, 5.74) is 1.37. The van der Waals surface area contributed by atoms with Crippen LogP contribution in [0.4, 0.5) is 17.6 Å². The Morgan fingerprint density at radius 2 is 1.82 bits per heavy atom. The summed E-state index contributed by atoms with van der Waals surface area (Å²) in [6, 6.07) is 8.81. The summed E-state index contributed by atoms with van der Waals surface area (Å²) in [6.45, 7) is 0.0285. The van der Waals surface area contributed by atoms with Crippen molar-refractivity contribution in [3.8, 4) is 18.1 Å².